The summed E-state index contributed by atoms with van der Waals surface area (Å²) in [5.74, 6) is 0.663. The van der Waals surface area contributed by atoms with E-state index in [1.165, 1.54) is 11.3 Å². The van der Waals surface area contributed by atoms with Crippen LogP contribution in [0.2, 0.25) is 0 Å². The molecule has 1 amide bonds. The van der Waals surface area contributed by atoms with Crippen LogP contribution in [0.1, 0.15) is 28.1 Å². The van der Waals surface area contributed by atoms with Crippen molar-refractivity contribution in [2.45, 2.75) is 25.9 Å². The Hall–Kier alpha value is -0.100. The van der Waals surface area contributed by atoms with Crippen molar-refractivity contribution in [1.29, 1.82) is 0 Å². The van der Waals surface area contributed by atoms with Crippen LogP contribution in [0.5, 0.6) is 0 Å². The van der Waals surface area contributed by atoms with Crippen molar-refractivity contribution < 1.29 is 9.53 Å². The number of hydrogen-bond acceptors (Lipinski definition) is 3. The Morgan fingerprint density at radius 3 is 2.79 bits per heavy atom. The van der Waals surface area contributed by atoms with E-state index in [0.717, 1.165) is 40.2 Å². The van der Waals surface area contributed by atoms with Crippen molar-refractivity contribution in [2.75, 3.05) is 25.6 Å². The van der Waals surface area contributed by atoms with E-state index in [1.54, 1.807) is 0 Å². The topological polar surface area (TPSA) is 29.5 Å². The van der Waals surface area contributed by atoms with E-state index in [-0.39, 0.29) is 12.0 Å². The number of aryl methyl sites for hydroxylation is 1. The summed E-state index contributed by atoms with van der Waals surface area (Å²) in [6, 6.07) is 1.95. The van der Waals surface area contributed by atoms with Gasteiger partial charge >= 0.3 is 0 Å². The van der Waals surface area contributed by atoms with E-state index in [0.29, 0.717) is 12.5 Å². The summed E-state index contributed by atoms with van der Waals surface area (Å²) in [5.41, 5.74) is 1.12. The Morgan fingerprint density at radius 1 is 1.58 bits per heavy atom. The van der Waals surface area contributed by atoms with Crippen LogP contribution in [0, 0.1) is 6.92 Å². The van der Waals surface area contributed by atoms with Crippen LogP contribution in [0.25, 0.3) is 0 Å². The van der Waals surface area contributed by atoms with Gasteiger partial charge in [0.1, 0.15) is 0 Å². The van der Waals surface area contributed by atoms with Gasteiger partial charge in [-0.15, -0.1) is 22.9 Å². The number of likely N-dealkylation sites (tertiary alicyclic amines) is 1. The Balaban J connectivity index is 1.89. The summed E-state index contributed by atoms with van der Waals surface area (Å²) in [7, 11) is 0. The van der Waals surface area contributed by atoms with Gasteiger partial charge in [-0.3, -0.25) is 4.79 Å². The molecule has 0 bridgehead atoms. The normalized spacial score (nSPS) is 16.9. The van der Waals surface area contributed by atoms with Crippen LogP contribution >= 0.6 is 38.9 Å². The van der Waals surface area contributed by atoms with E-state index in [2.05, 4.69) is 15.9 Å². The molecule has 1 aromatic rings. The Kier molecular flexibility index (Phi) is 5.69. The quantitative estimate of drug-likeness (QED) is 0.761. The number of amides is 1. The summed E-state index contributed by atoms with van der Waals surface area (Å²) in [6.45, 7) is 4.13. The van der Waals surface area contributed by atoms with Gasteiger partial charge in [-0.05, 0) is 47.3 Å². The minimum atomic E-state index is 0.134. The zero-order valence-corrected chi connectivity index (χ0v) is 14.0. The van der Waals surface area contributed by atoms with Crippen molar-refractivity contribution in [1.82, 2.24) is 4.90 Å². The van der Waals surface area contributed by atoms with Gasteiger partial charge < -0.3 is 9.64 Å². The molecule has 0 aliphatic carbocycles. The predicted molar refractivity (Wildman–Crippen MR) is 82.4 cm³/mol. The third kappa shape index (κ3) is 3.94. The van der Waals surface area contributed by atoms with Gasteiger partial charge in [-0.25, -0.2) is 0 Å². The van der Waals surface area contributed by atoms with Gasteiger partial charge in [0.25, 0.3) is 5.91 Å². The van der Waals surface area contributed by atoms with E-state index in [1.807, 2.05) is 17.9 Å². The fraction of sp³-hybridized carbons (Fsp3) is 0.615. The molecule has 6 heteroatoms. The molecule has 3 nitrogen and oxygen atoms in total. The fourth-order valence-electron chi connectivity index (χ4n) is 2.16. The number of halogens is 2. The van der Waals surface area contributed by atoms with Crippen molar-refractivity contribution in [3.05, 3.63) is 20.3 Å². The van der Waals surface area contributed by atoms with Gasteiger partial charge in [0.15, 0.2) is 0 Å². The highest BCUT2D eigenvalue weighted by Gasteiger charge is 2.25. The number of thiophene rings is 1. The van der Waals surface area contributed by atoms with E-state index in [9.17, 15) is 4.79 Å². The number of nitrogens with zero attached hydrogens (tertiary/aromatic N) is 1. The lowest BCUT2D eigenvalue weighted by atomic mass is 10.1. The van der Waals surface area contributed by atoms with Crippen LogP contribution in [0.3, 0.4) is 0 Å². The van der Waals surface area contributed by atoms with Crippen molar-refractivity contribution in [3.63, 3.8) is 0 Å². The second-order valence-electron chi connectivity index (χ2n) is 4.62. The van der Waals surface area contributed by atoms with Crippen LogP contribution in [0.4, 0.5) is 0 Å². The number of piperidine rings is 1. The molecule has 2 heterocycles. The number of alkyl halides is 1. The minimum Gasteiger partial charge on any atom is -0.377 e. The van der Waals surface area contributed by atoms with Crippen LogP contribution in [0.15, 0.2) is 9.85 Å². The van der Waals surface area contributed by atoms with E-state index >= 15 is 0 Å². The standard InChI is InChI=1S/C13H17BrClNO2S/c1-9-8-11(19-12(9)14)13(17)16-5-2-10(3-6-16)18-7-4-15/h8,10H,2-7H2,1H3. The number of ether oxygens (including phenoxy) is 1. The molecule has 1 aromatic heterocycles. The molecule has 2 rings (SSSR count). The lowest BCUT2D eigenvalue weighted by molar-refractivity contribution is 0.0155. The summed E-state index contributed by atoms with van der Waals surface area (Å²) in [5, 5.41) is 0. The van der Waals surface area contributed by atoms with Gasteiger partial charge in [0.2, 0.25) is 0 Å². The summed E-state index contributed by atoms with van der Waals surface area (Å²) in [6.07, 6.45) is 2.04. The number of hydrogen-bond donors (Lipinski definition) is 0. The van der Waals surface area contributed by atoms with Gasteiger partial charge in [-0.1, -0.05) is 0 Å². The molecular weight excluding hydrogens is 350 g/mol. The predicted octanol–water partition coefficient (Wildman–Crippen LogP) is 3.68. The Morgan fingerprint density at radius 2 is 2.26 bits per heavy atom. The first-order chi connectivity index (χ1) is 9.11. The highest BCUT2D eigenvalue weighted by atomic mass is 79.9. The van der Waals surface area contributed by atoms with Gasteiger partial charge in [0, 0.05) is 19.0 Å². The van der Waals surface area contributed by atoms with Crippen LogP contribution in [-0.4, -0.2) is 42.5 Å². The smallest absolute Gasteiger partial charge is 0.263 e. The van der Waals surface area contributed by atoms with E-state index < -0.39 is 0 Å². The zero-order chi connectivity index (χ0) is 13.8. The summed E-state index contributed by atoms with van der Waals surface area (Å²) >= 11 is 10.6. The van der Waals surface area contributed by atoms with Gasteiger partial charge in [0.05, 0.1) is 21.4 Å². The minimum absolute atomic E-state index is 0.134. The van der Waals surface area contributed by atoms with Crippen LogP contribution < -0.4 is 0 Å². The zero-order valence-electron chi connectivity index (χ0n) is 10.8. The van der Waals surface area contributed by atoms with Crippen LogP contribution in [-0.2, 0) is 4.74 Å². The molecule has 1 saturated heterocycles. The molecule has 19 heavy (non-hydrogen) atoms. The molecule has 0 aromatic carbocycles. The average Bonchev–Trinajstić information content (AvgIpc) is 2.76. The molecular formula is C13H17BrClNO2S. The second-order valence-corrected chi connectivity index (χ2v) is 7.37. The molecule has 1 aliphatic rings. The first-order valence-corrected chi connectivity index (χ1v) is 8.49. The Bertz CT molecular complexity index is 424. The molecule has 0 radical (unpaired) electrons. The first kappa shape index (κ1) is 15.3. The second kappa shape index (κ2) is 7.07. The molecule has 0 atom stereocenters. The number of carbonyl (C=O) groups is 1. The largest absolute Gasteiger partial charge is 0.377 e. The van der Waals surface area contributed by atoms with Gasteiger partial charge in [-0.2, -0.15) is 0 Å². The lowest BCUT2D eigenvalue weighted by Crippen LogP contribution is -2.40. The van der Waals surface area contributed by atoms with E-state index in [4.69, 9.17) is 16.3 Å². The maximum Gasteiger partial charge on any atom is 0.263 e. The molecule has 1 fully saturated rings. The SMILES string of the molecule is Cc1cc(C(=O)N2CCC(OCCCl)CC2)sc1Br. The maximum absolute atomic E-state index is 12.3. The molecule has 1 aliphatic heterocycles. The molecule has 0 saturated carbocycles. The van der Waals surface area contributed by atoms with Crippen molar-refractivity contribution >= 4 is 44.8 Å². The highest BCUT2D eigenvalue weighted by molar-refractivity contribution is 9.11. The first-order valence-electron chi connectivity index (χ1n) is 6.34. The summed E-state index contributed by atoms with van der Waals surface area (Å²) in [4.78, 5) is 15.1. The lowest BCUT2D eigenvalue weighted by Gasteiger charge is -2.31. The third-order valence-electron chi connectivity index (χ3n) is 3.23. The monoisotopic (exact) mass is 365 g/mol. The summed E-state index contributed by atoms with van der Waals surface area (Å²) < 4.78 is 6.65. The molecule has 0 spiro atoms. The van der Waals surface area contributed by atoms with Crippen molar-refractivity contribution in [3.8, 4) is 0 Å². The number of carbonyl (C=O) groups excluding carboxylic acids is 1. The molecule has 0 N–H and O–H groups in total. The maximum atomic E-state index is 12.3. The molecule has 0 unspecified atom stereocenters. The number of rotatable bonds is 4. The Labute approximate surface area is 131 Å². The fourth-order valence-corrected chi connectivity index (χ4v) is 3.75. The molecule has 106 valence electrons. The van der Waals surface area contributed by atoms with Crippen molar-refractivity contribution in [2.24, 2.45) is 0 Å². The average molecular weight is 367 g/mol. The third-order valence-corrected chi connectivity index (χ3v) is 5.51. The highest BCUT2D eigenvalue weighted by Crippen LogP contribution is 2.29.